The minimum absolute atomic E-state index is 0.223. The molecule has 0 aliphatic heterocycles. The average molecular weight is 380 g/mol. The van der Waals surface area contributed by atoms with E-state index in [4.69, 9.17) is 27.7 Å². The van der Waals surface area contributed by atoms with E-state index in [2.05, 4.69) is 25.8 Å². The van der Waals surface area contributed by atoms with Crippen LogP contribution in [0, 0.1) is 13.8 Å². The molecule has 9 heteroatoms. The fourth-order valence-electron chi connectivity index (χ4n) is 2.39. The van der Waals surface area contributed by atoms with Crippen molar-refractivity contribution < 1.29 is 9.32 Å². The molecule has 3 heterocycles. The van der Waals surface area contributed by atoms with Gasteiger partial charge in [-0.3, -0.25) is 4.79 Å². The van der Waals surface area contributed by atoms with Crippen LogP contribution >= 0.6 is 23.2 Å². The topological polar surface area (TPSA) is 92.9 Å². The molecule has 0 atom stereocenters. The zero-order valence-corrected chi connectivity index (χ0v) is 15.1. The fourth-order valence-corrected chi connectivity index (χ4v) is 2.84. The summed E-state index contributed by atoms with van der Waals surface area (Å²) < 4.78 is 5.14. The maximum atomic E-state index is 12.5. The van der Waals surface area contributed by atoms with Gasteiger partial charge in [-0.1, -0.05) is 28.4 Å². The Hall–Kier alpha value is -2.38. The Balaban J connectivity index is 1.64. The van der Waals surface area contributed by atoms with Crippen LogP contribution in [0.25, 0.3) is 11.1 Å². The third-order valence-electron chi connectivity index (χ3n) is 3.50. The van der Waals surface area contributed by atoms with Crippen molar-refractivity contribution in [2.75, 3.05) is 18.4 Å². The van der Waals surface area contributed by atoms with E-state index in [1.54, 1.807) is 26.0 Å². The van der Waals surface area contributed by atoms with Gasteiger partial charge in [0.25, 0.3) is 11.6 Å². The molecule has 3 aromatic rings. The van der Waals surface area contributed by atoms with E-state index >= 15 is 0 Å². The molecule has 7 nitrogen and oxygen atoms in total. The highest BCUT2D eigenvalue weighted by molar-refractivity contribution is 6.35. The third kappa shape index (κ3) is 3.83. The number of amides is 1. The Labute approximate surface area is 153 Å². The van der Waals surface area contributed by atoms with E-state index < -0.39 is 0 Å². The molecule has 3 rings (SSSR count). The van der Waals surface area contributed by atoms with Gasteiger partial charge in [0, 0.05) is 25.0 Å². The highest BCUT2D eigenvalue weighted by atomic mass is 35.5. The summed E-state index contributed by atoms with van der Waals surface area (Å²) in [6.07, 6.45) is 1.50. The van der Waals surface area contributed by atoms with Gasteiger partial charge in [-0.2, -0.15) is 0 Å². The fraction of sp³-hybridized carbons (Fsp3) is 0.250. The molecule has 0 saturated heterocycles. The number of halogens is 2. The van der Waals surface area contributed by atoms with Crippen LogP contribution in [-0.2, 0) is 0 Å². The average Bonchev–Trinajstić information content (AvgIpc) is 2.93. The number of nitrogens with zero attached hydrogens (tertiary/aromatic N) is 3. The van der Waals surface area contributed by atoms with Crippen molar-refractivity contribution in [3.63, 3.8) is 0 Å². The maximum absolute atomic E-state index is 12.5. The second kappa shape index (κ2) is 7.25. The van der Waals surface area contributed by atoms with Crippen molar-refractivity contribution in [2.45, 2.75) is 13.8 Å². The summed E-state index contributed by atoms with van der Waals surface area (Å²) in [7, 11) is 0. The summed E-state index contributed by atoms with van der Waals surface area (Å²) in [4.78, 5) is 20.8. The molecule has 1 amide bonds. The van der Waals surface area contributed by atoms with Gasteiger partial charge in [0.1, 0.15) is 5.82 Å². The molecule has 0 saturated carbocycles. The molecular weight excluding hydrogens is 365 g/mol. The second-order valence-electron chi connectivity index (χ2n) is 5.43. The summed E-state index contributed by atoms with van der Waals surface area (Å²) in [5.41, 5.74) is 2.16. The van der Waals surface area contributed by atoms with E-state index in [0.29, 0.717) is 57.0 Å². The number of hydrogen-bond donors (Lipinski definition) is 2. The highest BCUT2D eigenvalue weighted by Gasteiger charge is 2.17. The van der Waals surface area contributed by atoms with Crippen molar-refractivity contribution in [2.24, 2.45) is 0 Å². The van der Waals surface area contributed by atoms with E-state index in [9.17, 15) is 4.79 Å². The number of carbonyl (C=O) groups excluding carboxylic acids is 1. The molecule has 2 N–H and O–H groups in total. The third-order valence-corrected chi connectivity index (χ3v) is 4.00. The summed E-state index contributed by atoms with van der Waals surface area (Å²) in [6.45, 7) is 4.40. The van der Waals surface area contributed by atoms with Crippen molar-refractivity contribution in [1.82, 2.24) is 20.4 Å². The number of anilines is 1. The van der Waals surface area contributed by atoms with Crippen LogP contribution in [0.5, 0.6) is 0 Å². The first kappa shape index (κ1) is 17.4. The second-order valence-corrected chi connectivity index (χ2v) is 6.27. The van der Waals surface area contributed by atoms with Crippen LogP contribution in [0.15, 0.2) is 22.9 Å². The first-order valence-electron chi connectivity index (χ1n) is 7.52. The van der Waals surface area contributed by atoms with Gasteiger partial charge in [0.05, 0.1) is 26.7 Å². The van der Waals surface area contributed by atoms with Gasteiger partial charge < -0.3 is 15.2 Å². The standard InChI is InChI=1S/C16H15Cl2N5O2/c1-8-5-11(13-9(2)23-25-16(13)22-8)15(24)20-4-3-19-14-12(18)6-10(17)7-21-14/h5-7H,3-4H2,1-2H3,(H,19,21)(H,20,24). The number of hydrogen-bond acceptors (Lipinski definition) is 6. The van der Waals surface area contributed by atoms with Gasteiger partial charge in [0.15, 0.2) is 0 Å². The maximum Gasteiger partial charge on any atom is 0.258 e. The summed E-state index contributed by atoms with van der Waals surface area (Å²) in [5.74, 6) is 0.288. The molecule has 0 unspecified atom stereocenters. The molecule has 0 aromatic carbocycles. The number of aromatic nitrogens is 3. The van der Waals surface area contributed by atoms with Crippen LogP contribution < -0.4 is 10.6 Å². The van der Waals surface area contributed by atoms with E-state index in [0.717, 1.165) is 0 Å². The first-order chi connectivity index (χ1) is 12.0. The molecule has 0 bridgehead atoms. The Bertz CT molecular complexity index is 942. The summed E-state index contributed by atoms with van der Waals surface area (Å²) >= 11 is 11.8. The highest BCUT2D eigenvalue weighted by Crippen LogP contribution is 2.23. The molecule has 0 fully saturated rings. The predicted molar refractivity (Wildman–Crippen MR) is 96.4 cm³/mol. The molecule has 0 spiro atoms. The normalized spacial score (nSPS) is 10.9. The van der Waals surface area contributed by atoms with Crippen LogP contribution in [0.2, 0.25) is 10.0 Å². The van der Waals surface area contributed by atoms with Gasteiger partial charge in [-0.05, 0) is 26.0 Å². The first-order valence-corrected chi connectivity index (χ1v) is 8.28. The Morgan fingerprint density at radius 2 is 2.04 bits per heavy atom. The lowest BCUT2D eigenvalue weighted by atomic mass is 10.1. The molecule has 25 heavy (non-hydrogen) atoms. The lowest BCUT2D eigenvalue weighted by Crippen LogP contribution is -2.29. The van der Waals surface area contributed by atoms with Crippen LogP contribution in [0.4, 0.5) is 5.82 Å². The van der Waals surface area contributed by atoms with Gasteiger partial charge in [-0.25, -0.2) is 9.97 Å². The quantitative estimate of drug-likeness (QED) is 0.660. The van der Waals surface area contributed by atoms with Gasteiger partial charge in [0.2, 0.25) is 0 Å². The molecule has 130 valence electrons. The molecular formula is C16H15Cl2N5O2. The van der Waals surface area contributed by atoms with Gasteiger partial charge in [-0.15, -0.1) is 0 Å². The lowest BCUT2D eigenvalue weighted by molar-refractivity contribution is 0.0956. The van der Waals surface area contributed by atoms with Crippen molar-refractivity contribution in [1.29, 1.82) is 0 Å². The minimum Gasteiger partial charge on any atom is -0.367 e. The number of fused-ring (bicyclic) bond motifs is 1. The molecule has 0 aliphatic rings. The van der Waals surface area contributed by atoms with E-state index in [1.807, 2.05) is 0 Å². The van der Waals surface area contributed by atoms with Crippen LogP contribution in [0.1, 0.15) is 21.7 Å². The number of pyridine rings is 2. The Morgan fingerprint density at radius 3 is 2.80 bits per heavy atom. The lowest BCUT2D eigenvalue weighted by Gasteiger charge is -2.09. The minimum atomic E-state index is -0.223. The predicted octanol–water partition coefficient (Wildman–Crippen LogP) is 3.38. The smallest absolute Gasteiger partial charge is 0.258 e. The zero-order valence-electron chi connectivity index (χ0n) is 13.6. The summed E-state index contributed by atoms with van der Waals surface area (Å²) in [5, 5.41) is 11.3. The largest absolute Gasteiger partial charge is 0.367 e. The van der Waals surface area contributed by atoms with Gasteiger partial charge >= 0.3 is 0 Å². The van der Waals surface area contributed by atoms with Crippen LogP contribution in [-0.4, -0.2) is 34.1 Å². The number of nitrogens with one attached hydrogen (secondary N) is 2. The molecule has 0 aliphatic carbocycles. The van der Waals surface area contributed by atoms with Crippen molar-refractivity contribution in [3.05, 3.63) is 45.3 Å². The number of rotatable bonds is 5. The van der Waals surface area contributed by atoms with E-state index in [-0.39, 0.29) is 5.91 Å². The van der Waals surface area contributed by atoms with Crippen molar-refractivity contribution in [3.8, 4) is 0 Å². The zero-order chi connectivity index (χ0) is 18.0. The van der Waals surface area contributed by atoms with E-state index in [1.165, 1.54) is 6.20 Å². The number of carbonyl (C=O) groups is 1. The Kier molecular flexibility index (Phi) is 5.06. The monoisotopic (exact) mass is 379 g/mol. The van der Waals surface area contributed by atoms with Crippen molar-refractivity contribution >= 4 is 46.0 Å². The molecule has 3 aromatic heterocycles. The molecule has 0 radical (unpaired) electrons. The SMILES string of the molecule is Cc1cc(C(=O)NCCNc2ncc(Cl)cc2Cl)c2c(C)noc2n1. The number of aryl methyl sites for hydroxylation is 2. The Morgan fingerprint density at radius 1 is 1.24 bits per heavy atom. The summed E-state index contributed by atoms with van der Waals surface area (Å²) in [6, 6.07) is 3.31. The van der Waals surface area contributed by atoms with Crippen LogP contribution in [0.3, 0.4) is 0 Å².